The molecule has 1 fully saturated rings. The fourth-order valence-electron chi connectivity index (χ4n) is 2.63. The number of rotatable bonds is 4. The molecular formula is C15H19F3N2O. The van der Waals surface area contributed by atoms with Gasteiger partial charge in [0.1, 0.15) is 0 Å². The molecule has 0 spiro atoms. The Kier molecular flexibility index (Phi) is 4.56. The SMILES string of the molecule is CCC1(C(=O)NCc2ccc(C(F)(F)F)cc2)CCCN1. The van der Waals surface area contributed by atoms with E-state index in [0.717, 1.165) is 31.5 Å². The van der Waals surface area contributed by atoms with Gasteiger partial charge in [-0.2, -0.15) is 13.2 Å². The average molecular weight is 300 g/mol. The number of hydrogen-bond acceptors (Lipinski definition) is 2. The maximum absolute atomic E-state index is 12.5. The summed E-state index contributed by atoms with van der Waals surface area (Å²) in [6.07, 6.45) is -1.88. The molecule has 1 aliphatic rings. The average Bonchev–Trinajstić information content (AvgIpc) is 2.94. The molecule has 2 rings (SSSR count). The van der Waals surface area contributed by atoms with Crippen LogP contribution in [0.2, 0.25) is 0 Å². The topological polar surface area (TPSA) is 41.1 Å². The van der Waals surface area contributed by atoms with E-state index in [0.29, 0.717) is 12.0 Å². The number of alkyl halides is 3. The first-order valence-electron chi connectivity index (χ1n) is 7.07. The minimum atomic E-state index is -4.33. The summed E-state index contributed by atoms with van der Waals surface area (Å²) in [6, 6.07) is 4.85. The van der Waals surface area contributed by atoms with Crippen LogP contribution in [0, 0.1) is 0 Å². The van der Waals surface area contributed by atoms with Crippen molar-refractivity contribution in [3.8, 4) is 0 Å². The zero-order valence-corrected chi connectivity index (χ0v) is 11.9. The maximum Gasteiger partial charge on any atom is 0.416 e. The summed E-state index contributed by atoms with van der Waals surface area (Å²) in [4.78, 5) is 12.2. The second-order valence-electron chi connectivity index (χ2n) is 5.34. The molecular weight excluding hydrogens is 281 g/mol. The molecule has 6 heteroatoms. The van der Waals surface area contributed by atoms with Gasteiger partial charge in [0.2, 0.25) is 5.91 Å². The fraction of sp³-hybridized carbons (Fsp3) is 0.533. The number of amides is 1. The Balaban J connectivity index is 1.95. The Morgan fingerprint density at radius 2 is 2.00 bits per heavy atom. The highest BCUT2D eigenvalue weighted by Gasteiger charge is 2.38. The van der Waals surface area contributed by atoms with Crippen LogP contribution in [0.3, 0.4) is 0 Å². The van der Waals surface area contributed by atoms with Crippen LogP contribution in [-0.2, 0) is 17.5 Å². The Bertz CT molecular complexity index is 491. The van der Waals surface area contributed by atoms with Crippen molar-refractivity contribution < 1.29 is 18.0 Å². The van der Waals surface area contributed by atoms with Crippen molar-refractivity contribution in [2.75, 3.05) is 6.54 Å². The zero-order valence-electron chi connectivity index (χ0n) is 11.9. The van der Waals surface area contributed by atoms with Crippen molar-refractivity contribution in [2.45, 2.75) is 44.4 Å². The van der Waals surface area contributed by atoms with E-state index < -0.39 is 17.3 Å². The first-order valence-corrected chi connectivity index (χ1v) is 7.07. The maximum atomic E-state index is 12.5. The predicted molar refractivity (Wildman–Crippen MR) is 73.5 cm³/mol. The first-order chi connectivity index (χ1) is 9.87. The minimum absolute atomic E-state index is 0.0811. The number of hydrogen-bond donors (Lipinski definition) is 2. The van der Waals surface area contributed by atoms with Gasteiger partial charge in [0.25, 0.3) is 0 Å². The summed E-state index contributed by atoms with van der Waals surface area (Å²) < 4.78 is 37.4. The monoisotopic (exact) mass is 300 g/mol. The molecule has 1 saturated heterocycles. The van der Waals surface area contributed by atoms with Crippen LogP contribution in [0.15, 0.2) is 24.3 Å². The van der Waals surface area contributed by atoms with E-state index in [1.54, 1.807) is 0 Å². The van der Waals surface area contributed by atoms with Crippen molar-refractivity contribution in [2.24, 2.45) is 0 Å². The van der Waals surface area contributed by atoms with E-state index in [1.807, 2.05) is 6.92 Å². The summed E-state index contributed by atoms with van der Waals surface area (Å²) >= 11 is 0. The highest BCUT2D eigenvalue weighted by atomic mass is 19.4. The van der Waals surface area contributed by atoms with Gasteiger partial charge in [-0.1, -0.05) is 19.1 Å². The molecule has 0 aromatic heterocycles. The first kappa shape index (κ1) is 15.8. The molecule has 1 unspecified atom stereocenters. The van der Waals surface area contributed by atoms with Crippen LogP contribution in [0.5, 0.6) is 0 Å². The summed E-state index contributed by atoms with van der Waals surface area (Å²) in [6.45, 7) is 3.01. The third-order valence-corrected chi connectivity index (χ3v) is 4.02. The summed E-state index contributed by atoms with van der Waals surface area (Å²) in [5.74, 6) is -0.0811. The standard InChI is InChI=1S/C15H19F3N2O/c1-2-14(8-3-9-20-14)13(21)19-10-11-4-6-12(7-5-11)15(16,17)18/h4-7,20H,2-3,8-10H2,1H3,(H,19,21). The lowest BCUT2D eigenvalue weighted by molar-refractivity contribution is -0.137. The molecule has 0 bridgehead atoms. The number of carbonyl (C=O) groups excluding carboxylic acids is 1. The second kappa shape index (κ2) is 6.05. The molecule has 1 heterocycles. The van der Waals surface area contributed by atoms with Crippen molar-refractivity contribution in [1.29, 1.82) is 0 Å². The molecule has 1 aromatic rings. The third kappa shape index (κ3) is 3.56. The van der Waals surface area contributed by atoms with Crippen molar-refractivity contribution in [3.63, 3.8) is 0 Å². The van der Waals surface area contributed by atoms with Gasteiger partial charge in [0.05, 0.1) is 11.1 Å². The third-order valence-electron chi connectivity index (χ3n) is 4.02. The Hall–Kier alpha value is -1.56. The highest BCUT2D eigenvalue weighted by molar-refractivity contribution is 5.86. The molecule has 1 aromatic carbocycles. The molecule has 2 N–H and O–H groups in total. The number of halogens is 3. The molecule has 1 amide bonds. The van der Waals surface area contributed by atoms with Crippen LogP contribution in [-0.4, -0.2) is 18.0 Å². The Morgan fingerprint density at radius 3 is 2.48 bits per heavy atom. The molecule has 1 atom stereocenters. The molecule has 0 aliphatic carbocycles. The normalized spacial score (nSPS) is 22.3. The van der Waals surface area contributed by atoms with E-state index in [2.05, 4.69) is 10.6 Å². The van der Waals surface area contributed by atoms with Crippen molar-refractivity contribution in [1.82, 2.24) is 10.6 Å². The summed E-state index contributed by atoms with van der Waals surface area (Å²) in [5.41, 5.74) is -0.549. The van der Waals surface area contributed by atoms with Gasteiger partial charge in [-0.25, -0.2) is 0 Å². The molecule has 3 nitrogen and oxygen atoms in total. The van der Waals surface area contributed by atoms with Crippen LogP contribution in [0.1, 0.15) is 37.3 Å². The number of benzene rings is 1. The molecule has 116 valence electrons. The van der Waals surface area contributed by atoms with Gasteiger partial charge in [-0.15, -0.1) is 0 Å². The van der Waals surface area contributed by atoms with Gasteiger partial charge in [-0.3, -0.25) is 4.79 Å². The van der Waals surface area contributed by atoms with Gasteiger partial charge >= 0.3 is 6.18 Å². The largest absolute Gasteiger partial charge is 0.416 e. The zero-order chi connectivity index (χ0) is 15.5. The quantitative estimate of drug-likeness (QED) is 0.898. The number of nitrogens with one attached hydrogen (secondary N) is 2. The van der Waals surface area contributed by atoms with Gasteiger partial charge in [0, 0.05) is 6.54 Å². The fourth-order valence-corrected chi connectivity index (χ4v) is 2.63. The Labute approximate surface area is 121 Å². The lowest BCUT2D eigenvalue weighted by atomic mass is 9.93. The lowest BCUT2D eigenvalue weighted by Crippen LogP contribution is -2.52. The molecule has 1 aliphatic heterocycles. The van der Waals surface area contributed by atoms with E-state index in [-0.39, 0.29) is 12.5 Å². The van der Waals surface area contributed by atoms with E-state index in [4.69, 9.17) is 0 Å². The number of carbonyl (C=O) groups is 1. The van der Waals surface area contributed by atoms with Crippen molar-refractivity contribution >= 4 is 5.91 Å². The van der Waals surface area contributed by atoms with Crippen LogP contribution >= 0.6 is 0 Å². The van der Waals surface area contributed by atoms with Gasteiger partial charge in [-0.05, 0) is 43.5 Å². The van der Waals surface area contributed by atoms with Crippen LogP contribution in [0.25, 0.3) is 0 Å². The van der Waals surface area contributed by atoms with Gasteiger partial charge < -0.3 is 10.6 Å². The summed E-state index contributed by atoms with van der Waals surface area (Å²) in [5, 5.41) is 6.03. The van der Waals surface area contributed by atoms with E-state index >= 15 is 0 Å². The molecule has 0 saturated carbocycles. The van der Waals surface area contributed by atoms with E-state index in [9.17, 15) is 18.0 Å². The minimum Gasteiger partial charge on any atom is -0.350 e. The van der Waals surface area contributed by atoms with E-state index in [1.165, 1.54) is 12.1 Å². The highest BCUT2D eigenvalue weighted by Crippen LogP contribution is 2.29. The van der Waals surface area contributed by atoms with Crippen LogP contribution in [0.4, 0.5) is 13.2 Å². The summed E-state index contributed by atoms with van der Waals surface area (Å²) in [7, 11) is 0. The predicted octanol–water partition coefficient (Wildman–Crippen LogP) is 2.85. The smallest absolute Gasteiger partial charge is 0.350 e. The molecule has 0 radical (unpaired) electrons. The Morgan fingerprint density at radius 1 is 1.33 bits per heavy atom. The van der Waals surface area contributed by atoms with Crippen molar-refractivity contribution in [3.05, 3.63) is 35.4 Å². The van der Waals surface area contributed by atoms with Crippen LogP contribution < -0.4 is 10.6 Å². The molecule has 21 heavy (non-hydrogen) atoms. The van der Waals surface area contributed by atoms with Gasteiger partial charge in [0.15, 0.2) is 0 Å². The second-order valence-corrected chi connectivity index (χ2v) is 5.34. The lowest BCUT2D eigenvalue weighted by Gasteiger charge is -2.26.